The lowest BCUT2D eigenvalue weighted by molar-refractivity contribution is -0.113. The molecule has 3 heterocycles. The molecule has 0 spiro atoms. The summed E-state index contributed by atoms with van der Waals surface area (Å²) in [7, 11) is 0. The number of hydrogen-bond donors (Lipinski definition) is 0. The molecular formula is C19H22N4O. The van der Waals surface area contributed by atoms with Gasteiger partial charge in [-0.1, -0.05) is 25.1 Å². The Balaban J connectivity index is 1.85. The highest BCUT2D eigenvalue weighted by atomic mass is 16.2. The fourth-order valence-electron chi connectivity index (χ4n) is 3.66. The third kappa shape index (κ3) is 2.27. The van der Waals surface area contributed by atoms with Gasteiger partial charge in [0.15, 0.2) is 0 Å². The number of hydrogen-bond acceptors (Lipinski definition) is 4. The first-order valence-electron chi connectivity index (χ1n) is 8.62. The van der Waals surface area contributed by atoms with Crippen molar-refractivity contribution in [2.24, 2.45) is 9.98 Å². The van der Waals surface area contributed by atoms with Crippen LogP contribution >= 0.6 is 0 Å². The summed E-state index contributed by atoms with van der Waals surface area (Å²) in [5.41, 5.74) is 0.859. The lowest BCUT2D eigenvalue weighted by atomic mass is 9.85. The van der Waals surface area contributed by atoms with E-state index in [1.165, 1.54) is 0 Å². The van der Waals surface area contributed by atoms with Crippen LogP contribution < -0.4 is 4.90 Å². The third-order valence-corrected chi connectivity index (χ3v) is 5.28. The second-order valence-corrected chi connectivity index (χ2v) is 6.83. The number of amides is 1. The molecule has 5 heteroatoms. The van der Waals surface area contributed by atoms with Gasteiger partial charge in [-0.15, -0.1) is 0 Å². The number of carbonyl (C=O) groups excluding carboxylic acids is 1. The molecule has 1 saturated heterocycles. The quantitative estimate of drug-likeness (QED) is 0.840. The third-order valence-electron chi connectivity index (χ3n) is 5.28. The fraction of sp³-hybridized carbons (Fsp3) is 0.421. The molecule has 0 N–H and O–H groups in total. The molecule has 0 aliphatic carbocycles. The zero-order valence-corrected chi connectivity index (χ0v) is 14.1. The second-order valence-electron chi connectivity index (χ2n) is 6.83. The number of amidine groups is 2. The molecule has 124 valence electrons. The Kier molecular flexibility index (Phi) is 3.52. The molecule has 1 fully saturated rings. The topological polar surface area (TPSA) is 48.3 Å². The minimum atomic E-state index is -0.0547. The normalized spacial score (nSPS) is 28.9. The molecule has 2 unspecified atom stereocenters. The van der Waals surface area contributed by atoms with Crippen molar-refractivity contribution in [3.63, 3.8) is 0 Å². The molecule has 1 amide bonds. The summed E-state index contributed by atoms with van der Waals surface area (Å²) in [6, 6.07) is 9.86. The van der Waals surface area contributed by atoms with E-state index in [1.807, 2.05) is 46.2 Å². The monoisotopic (exact) mass is 322 g/mol. The van der Waals surface area contributed by atoms with E-state index in [2.05, 4.69) is 18.8 Å². The minimum absolute atomic E-state index is 0.00928. The largest absolute Gasteiger partial charge is 0.304 e. The Morgan fingerprint density at radius 1 is 1.29 bits per heavy atom. The van der Waals surface area contributed by atoms with Crippen molar-refractivity contribution in [2.75, 3.05) is 11.4 Å². The van der Waals surface area contributed by atoms with Gasteiger partial charge in [-0.05, 0) is 44.4 Å². The van der Waals surface area contributed by atoms with Gasteiger partial charge < -0.3 is 4.90 Å². The van der Waals surface area contributed by atoms with Crippen LogP contribution in [-0.4, -0.2) is 40.6 Å². The summed E-state index contributed by atoms with van der Waals surface area (Å²) in [5.74, 6) is 1.43. The highest BCUT2D eigenvalue weighted by molar-refractivity contribution is 6.48. The van der Waals surface area contributed by atoms with Crippen molar-refractivity contribution in [3.8, 4) is 0 Å². The molecule has 5 nitrogen and oxygen atoms in total. The fourth-order valence-corrected chi connectivity index (χ4v) is 3.66. The average molecular weight is 322 g/mol. The number of para-hydroxylation sites is 1. The maximum absolute atomic E-state index is 13.1. The Labute approximate surface area is 142 Å². The molecule has 0 aromatic heterocycles. The first-order valence-corrected chi connectivity index (χ1v) is 8.62. The molecule has 3 aliphatic heterocycles. The van der Waals surface area contributed by atoms with Crippen molar-refractivity contribution in [3.05, 3.63) is 42.6 Å². The minimum Gasteiger partial charge on any atom is -0.304 e. The van der Waals surface area contributed by atoms with E-state index in [0.717, 1.165) is 30.8 Å². The van der Waals surface area contributed by atoms with Crippen molar-refractivity contribution < 1.29 is 4.79 Å². The van der Waals surface area contributed by atoms with Crippen LogP contribution in [0.1, 0.15) is 33.1 Å². The molecule has 1 aromatic rings. The molecule has 24 heavy (non-hydrogen) atoms. The first-order chi connectivity index (χ1) is 11.6. The highest BCUT2D eigenvalue weighted by Crippen LogP contribution is 2.35. The van der Waals surface area contributed by atoms with Gasteiger partial charge in [-0.2, -0.15) is 0 Å². The van der Waals surface area contributed by atoms with Crippen molar-refractivity contribution in [2.45, 2.75) is 44.7 Å². The van der Waals surface area contributed by atoms with Crippen LogP contribution in [0.5, 0.6) is 0 Å². The smallest absolute Gasteiger partial charge is 0.295 e. The number of fused-ring (bicyclic) bond motifs is 3. The lowest BCUT2D eigenvalue weighted by Crippen LogP contribution is -2.65. The van der Waals surface area contributed by atoms with Crippen LogP contribution in [0.3, 0.4) is 0 Å². The highest BCUT2D eigenvalue weighted by Gasteiger charge is 2.46. The zero-order chi connectivity index (χ0) is 16.7. The van der Waals surface area contributed by atoms with E-state index in [1.54, 1.807) is 6.20 Å². The van der Waals surface area contributed by atoms with Gasteiger partial charge >= 0.3 is 0 Å². The number of rotatable bonds is 2. The maximum atomic E-state index is 13.1. The molecule has 0 saturated carbocycles. The van der Waals surface area contributed by atoms with Gasteiger partial charge in [0.05, 0.1) is 11.6 Å². The van der Waals surface area contributed by atoms with E-state index in [9.17, 15) is 4.79 Å². The molecule has 2 atom stereocenters. The van der Waals surface area contributed by atoms with E-state index < -0.39 is 0 Å². The number of aliphatic imine (C=N–C) groups is 2. The lowest BCUT2D eigenvalue weighted by Gasteiger charge is -2.47. The molecule has 0 bridgehead atoms. The number of carbonyl (C=O) groups is 1. The summed E-state index contributed by atoms with van der Waals surface area (Å²) in [5, 5.41) is 0. The molecule has 0 radical (unpaired) electrons. The van der Waals surface area contributed by atoms with Crippen LogP contribution in [0.15, 0.2) is 52.6 Å². The summed E-state index contributed by atoms with van der Waals surface area (Å²) < 4.78 is 0. The van der Waals surface area contributed by atoms with Crippen LogP contribution in [0.4, 0.5) is 5.69 Å². The van der Waals surface area contributed by atoms with Gasteiger partial charge in [0.1, 0.15) is 5.84 Å². The Morgan fingerprint density at radius 3 is 2.83 bits per heavy atom. The number of piperazine rings is 1. The van der Waals surface area contributed by atoms with Gasteiger partial charge in [-0.3, -0.25) is 14.7 Å². The molecule has 3 aliphatic rings. The van der Waals surface area contributed by atoms with Crippen LogP contribution in [0.2, 0.25) is 0 Å². The number of anilines is 1. The first kappa shape index (κ1) is 15.1. The zero-order valence-electron chi connectivity index (χ0n) is 14.1. The standard InChI is InChI=1S/C19H22N4O/c1-3-19(2)11-10-15-16(21-19)22-13-7-12-20-17(22)18(24)23(15)14-8-5-4-6-9-14/h4-9,12,15H,3,10-11,13H2,1-2H3. The van der Waals surface area contributed by atoms with Crippen molar-refractivity contribution >= 4 is 23.3 Å². The average Bonchev–Trinajstić information content (AvgIpc) is 2.63. The summed E-state index contributed by atoms with van der Waals surface area (Å²) in [4.78, 5) is 26.4. The van der Waals surface area contributed by atoms with Gasteiger partial charge in [0, 0.05) is 18.4 Å². The molecular weight excluding hydrogens is 300 g/mol. The second kappa shape index (κ2) is 5.58. The van der Waals surface area contributed by atoms with Gasteiger partial charge in [0.2, 0.25) is 5.84 Å². The molecule has 4 rings (SSSR count). The maximum Gasteiger partial charge on any atom is 0.295 e. The van der Waals surface area contributed by atoms with Crippen molar-refractivity contribution in [1.29, 1.82) is 0 Å². The summed E-state index contributed by atoms with van der Waals surface area (Å²) in [6.07, 6.45) is 6.61. The summed E-state index contributed by atoms with van der Waals surface area (Å²) >= 11 is 0. The Bertz CT molecular complexity index is 752. The Morgan fingerprint density at radius 2 is 2.08 bits per heavy atom. The number of nitrogens with zero attached hydrogens (tertiary/aromatic N) is 4. The van der Waals surface area contributed by atoms with E-state index >= 15 is 0 Å². The molecule has 1 aromatic carbocycles. The predicted octanol–water partition coefficient (Wildman–Crippen LogP) is 2.99. The SMILES string of the molecule is CCC1(C)CCC2C(=N1)N1CC=CN=C1C(=O)N2c1ccccc1. The van der Waals surface area contributed by atoms with Gasteiger partial charge in [0.25, 0.3) is 5.91 Å². The number of benzene rings is 1. The van der Waals surface area contributed by atoms with Crippen LogP contribution in [-0.2, 0) is 4.79 Å². The van der Waals surface area contributed by atoms with E-state index in [-0.39, 0.29) is 17.5 Å². The van der Waals surface area contributed by atoms with Gasteiger partial charge in [-0.25, -0.2) is 4.99 Å². The Hall–Kier alpha value is -2.43. The van der Waals surface area contributed by atoms with E-state index in [0.29, 0.717) is 12.4 Å². The summed E-state index contributed by atoms with van der Waals surface area (Å²) in [6.45, 7) is 5.05. The predicted molar refractivity (Wildman–Crippen MR) is 96.4 cm³/mol. The van der Waals surface area contributed by atoms with Crippen LogP contribution in [0, 0.1) is 0 Å². The van der Waals surface area contributed by atoms with Crippen LogP contribution in [0.25, 0.3) is 0 Å². The van der Waals surface area contributed by atoms with Crippen molar-refractivity contribution in [1.82, 2.24) is 4.90 Å². The van der Waals surface area contributed by atoms with E-state index in [4.69, 9.17) is 4.99 Å².